The van der Waals surface area contributed by atoms with Crippen LogP contribution >= 0.6 is 40.3 Å². The smallest absolute Gasteiger partial charge is 0.166 e. The number of nitrogens with one attached hydrogen (secondary N) is 1. The van der Waals surface area contributed by atoms with Gasteiger partial charge < -0.3 is 4.98 Å². The van der Waals surface area contributed by atoms with Crippen LogP contribution in [0.3, 0.4) is 0 Å². The van der Waals surface area contributed by atoms with Crippen LogP contribution in [0, 0.1) is 5.41 Å². The summed E-state index contributed by atoms with van der Waals surface area (Å²) < 4.78 is 0. The van der Waals surface area contributed by atoms with Crippen molar-refractivity contribution in [3.63, 3.8) is 0 Å². The third-order valence-electron chi connectivity index (χ3n) is 2.60. The van der Waals surface area contributed by atoms with Gasteiger partial charge in [-0.1, -0.05) is 44.1 Å². The number of aromatic amines is 1. The molecule has 0 fully saturated rings. The van der Waals surface area contributed by atoms with Gasteiger partial charge in [0.1, 0.15) is 5.78 Å². The highest BCUT2D eigenvalue weighted by Crippen LogP contribution is 2.24. The van der Waals surface area contributed by atoms with Crippen molar-refractivity contribution in [3.05, 3.63) is 23.2 Å². The topological polar surface area (TPSA) is 45.8 Å². The number of hydrogen-bond donors (Lipinski definition) is 1. The third kappa shape index (κ3) is 4.23. The van der Waals surface area contributed by atoms with E-state index >= 15 is 0 Å². The highest BCUT2D eigenvalue weighted by atomic mass is 79.9. The maximum absolute atomic E-state index is 11.8. The number of nitrogens with zero attached hydrogens (tertiary/aromatic N) is 1. The molecule has 0 saturated heterocycles. The SMILES string of the molecule is Br.CC(C)(C)C(=O)CSc1nc2ccc(Cl)cc2[nH]1. The zero-order chi connectivity index (χ0) is 13.3. The van der Waals surface area contributed by atoms with Crippen molar-refractivity contribution in [2.75, 3.05) is 5.75 Å². The largest absolute Gasteiger partial charge is 0.333 e. The molecule has 0 aliphatic carbocycles. The van der Waals surface area contributed by atoms with Crippen molar-refractivity contribution < 1.29 is 4.79 Å². The van der Waals surface area contributed by atoms with E-state index in [2.05, 4.69) is 9.97 Å². The number of imidazole rings is 1. The number of carbonyl (C=O) groups is 1. The maximum Gasteiger partial charge on any atom is 0.166 e. The Morgan fingerprint density at radius 1 is 1.42 bits per heavy atom. The summed E-state index contributed by atoms with van der Waals surface area (Å²) in [5.74, 6) is 0.642. The summed E-state index contributed by atoms with van der Waals surface area (Å²) >= 11 is 7.33. The van der Waals surface area contributed by atoms with E-state index in [1.54, 1.807) is 6.07 Å². The Morgan fingerprint density at radius 3 is 2.74 bits per heavy atom. The molecule has 0 aliphatic rings. The fourth-order valence-corrected chi connectivity index (χ4v) is 2.60. The maximum atomic E-state index is 11.8. The van der Waals surface area contributed by atoms with Gasteiger partial charge >= 0.3 is 0 Å². The lowest BCUT2D eigenvalue weighted by atomic mass is 9.92. The Balaban J connectivity index is 0.00000180. The molecule has 0 aliphatic heterocycles. The lowest BCUT2D eigenvalue weighted by Gasteiger charge is -2.15. The number of Topliss-reactive ketones (excluding diaryl/α,β-unsaturated/α-hetero) is 1. The minimum Gasteiger partial charge on any atom is -0.333 e. The Kier molecular flexibility index (Phi) is 5.47. The monoisotopic (exact) mass is 362 g/mol. The number of carbonyl (C=O) groups excluding carboxylic acids is 1. The Hall–Kier alpha value is -0.520. The van der Waals surface area contributed by atoms with Crippen LogP contribution < -0.4 is 0 Å². The van der Waals surface area contributed by atoms with Crippen LogP contribution in [0.1, 0.15) is 20.8 Å². The van der Waals surface area contributed by atoms with Crippen LogP contribution in [-0.2, 0) is 4.79 Å². The minimum absolute atomic E-state index is 0. The zero-order valence-corrected chi connectivity index (χ0v) is 14.3. The fraction of sp³-hybridized carbons (Fsp3) is 0.385. The van der Waals surface area contributed by atoms with Gasteiger partial charge in [-0.25, -0.2) is 4.98 Å². The average Bonchev–Trinajstić information content (AvgIpc) is 2.66. The third-order valence-corrected chi connectivity index (χ3v) is 3.71. The number of aromatic nitrogens is 2. The summed E-state index contributed by atoms with van der Waals surface area (Å²) in [5.41, 5.74) is 1.46. The first-order valence-corrected chi connectivity index (χ1v) is 7.04. The molecule has 0 spiro atoms. The van der Waals surface area contributed by atoms with E-state index in [0.29, 0.717) is 10.8 Å². The summed E-state index contributed by atoms with van der Waals surface area (Å²) in [7, 11) is 0. The van der Waals surface area contributed by atoms with E-state index in [1.807, 2.05) is 32.9 Å². The second-order valence-electron chi connectivity index (χ2n) is 5.17. The number of halogens is 2. The van der Waals surface area contributed by atoms with Crippen LogP contribution in [-0.4, -0.2) is 21.5 Å². The molecule has 2 aromatic rings. The second kappa shape index (κ2) is 6.29. The Labute approximate surface area is 132 Å². The number of thioether (sulfide) groups is 1. The number of fused-ring (bicyclic) bond motifs is 1. The van der Waals surface area contributed by atoms with Crippen LogP contribution in [0.2, 0.25) is 5.02 Å². The average molecular weight is 364 g/mol. The van der Waals surface area contributed by atoms with E-state index in [4.69, 9.17) is 11.6 Å². The lowest BCUT2D eigenvalue weighted by molar-refractivity contribution is -0.123. The van der Waals surface area contributed by atoms with Gasteiger partial charge in [-0.3, -0.25) is 4.79 Å². The highest BCUT2D eigenvalue weighted by molar-refractivity contribution is 8.93. The number of rotatable bonds is 3. The molecule has 0 amide bonds. The molecule has 1 aromatic carbocycles. The highest BCUT2D eigenvalue weighted by Gasteiger charge is 2.21. The molecule has 0 saturated carbocycles. The van der Waals surface area contributed by atoms with Gasteiger partial charge in [-0.2, -0.15) is 0 Å². The second-order valence-corrected chi connectivity index (χ2v) is 6.57. The Bertz CT molecular complexity index is 592. The summed E-state index contributed by atoms with van der Waals surface area (Å²) in [6.07, 6.45) is 0. The molecule has 6 heteroatoms. The predicted octanol–water partition coefficient (Wildman–Crippen LogP) is 4.50. The molecule has 2 rings (SSSR count). The van der Waals surface area contributed by atoms with Gasteiger partial charge in [0.2, 0.25) is 0 Å². The van der Waals surface area contributed by atoms with Crippen molar-refractivity contribution in [2.24, 2.45) is 5.41 Å². The van der Waals surface area contributed by atoms with Crippen molar-refractivity contribution in [1.82, 2.24) is 9.97 Å². The number of H-pyrrole nitrogens is 1. The van der Waals surface area contributed by atoms with Gasteiger partial charge in [-0.15, -0.1) is 17.0 Å². The van der Waals surface area contributed by atoms with Gasteiger partial charge in [0.15, 0.2) is 5.16 Å². The molecule has 0 radical (unpaired) electrons. The van der Waals surface area contributed by atoms with Crippen LogP contribution in [0.25, 0.3) is 11.0 Å². The molecule has 1 N–H and O–H groups in total. The fourth-order valence-electron chi connectivity index (χ4n) is 1.38. The van der Waals surface area contributed by atoms with E-state index in [0.717, 1.165) is 16.2 Å². The molecule has 0 unspecified atom stereocenters. The molecule has 19 heavy (non-hydrogen) atoms. The van der Waals surface area contributed by atoms with Gasteiger partial charge in [0.05, 0.1) is 16.8 Å². The van der Waals surface area contributed by atoms with Gasteiger partial charge in [-0.05, 0) is 18.2 Å². The van der Waals surface area contributed by atoms with E-state index < -0.39 is 0 Å². The van der Waals surface area contributed by atoms with Crippen LogP contribution in [0.4, 0.5) is 0 Å². The summed E-state index contributed by atoms with van der Waals surface area (Å²) in [6, 6.07) is 5.50. The van der Waals surface area contributed by atoms with Gasteiger partial charge in [0.25, 0.3) is 0 Å². The van der Waals surface area contributed by atoms with Crippen molar-refractivity contribution in [2.45, 2.75) is 25.9 Å². The van der Waals surface area contributed by atoms with E-state index in [9.17, 15) is 4.79 Å². The molecule has 0 bridgehead atoms. The van der Waals surface area contributed by atoms with Crippen LogP contribution in [0.15, 0.2) is 23.4 Å². The molecule has 1 heterocycles. The molecule has 0 atom stereocenters. The summed E-state index contributed by atoms with van der Waals surface area (Å²) in [5, 5.41) is 1.43. The lowest BCUT2D eigenvalue weighted by Crippen LogP contribution is -2.22. The molecular weight excluding hydrogens is 348 g/mol. The van der Waals surface area contributed by atoms with E-state index in [-0.39, 0.29) is 28.2 Å². The Morgan fingerprint density at radius 2 is 2.11 bits per heavy atom. The first-order chi connectivity index (χ1) is 8.36. The molecule has 104 valence electrons. The quantitative estimate of drug-likeness (QED) is 0.817. The van der Waals surface area contributed by atoms with Crippen molar-refractivity contribution in [3.8, 4) is 0 Å². The summed E-state index contributed by atoms with van der Waals surface area (Å²) in [4.78, 5) is 19.4. The zero-order valence-electron chi connectivity index (χ0n) is 11.0. The first-order valence-electron chi connectivity index (χ1n) is 5.67. The normalized spacial score (nSPS) is 11.4. The summed E-state index contributed by atoms with van der Waals surface area (Å²) in [6.45, 7) is 5.77. The predicted molar refractivity (Wildman–Crippen MR) is 86.6 cm³/mol. The van der Waals surface area contributed by atoms with Gasteiger partial charge in [0, 0.05) is 10.4 Å². The molecular formula is C13H16BrClN2OS. The number of ketones is 1. The van der Waals surface area contributed by atoms with Crippen molar-refractivity contribution >= 4 is 57.2 Å². The number of hydrogen-bond acceptors (Lipinski definition) is 3. The standard InChI is InChI=1S/C13H15ClN2OS.BrH/c1-13(2,3)11(17)7-18-12-15-9-5-4-8(14)6-10(9)16-12;/h4-6H,7H2,1-3H3,(H,15,16);1H. The minimum atomic E-state index is -0.303. The molecule has 1 aromatic heterocycles. The first kappa shape index (κ1) is 16.5. The van der Waals surface area contributed by atoms with E-state index in [1.165, 1.54) is 11.8 Å². The van der Waals surface area contributed by atoms with Crippen molar-refractivity contribution in [1.29, 1.82) is 0 Å². The number of benzene rings is 1. The molecule has 3 nitrogen and oxygen atoms in total. The van der Waals surface area contributed by atoms with Crippen LogP contribution in [0.5, 0.6) is 0 Å².